The van der Waals surface area contributed by atoms with Crippen molar-refractivity contribution in [2.24, 2.45) is 0 Å². The Bertz CT molecular complexity index is 558. The lowest BCUT2D eigenvalue weighted by Gasteiger charge is -2.09. The number of halogens is 1. The van der Waals surface area contributed by atoms with E-state index in [0.717, 1.165) is 18.2 Å². The van der Waals surface area contributed by atoms with Gasteiger partial charge in [-0.1, -0.05) is 0 Å². The number of ether oxygens (including phenoxy) is 1. The van der Waals surface area contributed by atoms with Crippen molar-refractivity contribution in [3.63, 3.8) is 0 Å². The van der Waals surface area contributed by atoms with Crippen molar-refractivity contribution in [1.82, 2.24) is 0 Å². The van der Waals surface area contributed by atoms with Crippen LogP contribution in [-0.4, -0.2) is 38.5 Å². The van der Waals surface area contributed by atoms with Crippen molar-refractivity contribution in [2.45, 2.75) is 6.92 Å². The van der Waals surface area contributed by atoms with Gasteiger partial charge in [-0.15, -0.1) is 0 Å². The molecule has 0 amide bonds. The monoisotopic (exact) mass is 291 g/mol. The Morgan fingerprint density at radius 1 is 1.47 bits per heavy atom. The molecule has 0 atom stereocenters. The van der Waals surface area contributed by atoms with Gasteiger partial charge < -0.3 is 9.84 Å². The number of nitrogens with one attached hydrogen (secondary N) is 1. The minimum absolute atomic E-state index is 0.000657. The first kappa shape index (κ1) is 15.4. The second-order valence-corrected chi connectivity index (χ2v) is 5.46. The molecule has 19 heavy (non-hydrogen) atoms. The number of carboxylic acids is 1. The number of anilines is 1. The molecule has 0 unspecified atom stereocenters. The van der Waals surface area contributed by atoms with Gasteiger partial charge >= 0.3 is 5.97 Å². The summed E-state index contributed by atoms with van der Waals surface area (Å²) in [7, 11) is -3.72. The van der Waals surface area contributed by atoms with Crippen LogP contribution in [0.5, 0.6) is 0 Å². The van der Waals surface area contributed by atoms with E-state index in [0.29, 0.717) is 6.61 Å². The van der Waals surface area contributed by atoms with Gasteiger partial charge in [-0.25, -0.2) is 17.6 Å². The molecule has 0 fully saturated rings. The molecule has 106 valence electrons. The Kier molecular flexibility index (Phi) is 5.25. The number of carbonyl (C=O) groups is 1. The molecule has 0 spiro atoms. The van der Waals surface area contributed by atoms with E-state index in [2.05, 4.69) is 0 Å². The average molecular weight is 291 g/mol. The van der Waals surface area contributed by atoms with E-state index in [-0.39, 0.29) is 23.6 Å². The zero-order valence-corrected chi connectivity index (χ0v) is 11.0. The summed E-state index contributed by atoms with van der Waals surface area (Å²) in [6.07, 6.45) is 0. The van der Waals surface area contributed by atoms with E-state index in [1.54, 1.807) is 6.92 Å². The summed E-state index contributed by atoms with van der Waals surface area (Å²) in [5.74, 6) is -2.54. The second kappa shape index (κ2) is 6.48. The molecule has 1 aromatic rings. The number of hydrogen-bond acceptors (Lipinski definition) is 4. The fourth-order valence-electron chi connectivity index (χ4n) is 1.26. The highest BCUT2D eigenvalue weighted by atomic mass is 32.2. The molecule has 0 radical (unpaired) electrons. The molecule has 6 nitrogen and oxygen atoms in total. The molecular formula is C11H14FNO5S. The average Bonchev–Trinajstić information content (AvgIpc) is 2.31. The lowest BCUT2D eigenvalue weighted by atomic mass is 10.2. The lowest BCUT2D eigenvalue weighted by Crippen LogP contribution is -2.21. The van der Waals surface area contributed by atoms with Crippen LogP contribution in [0.4, 0.5) is 10.1 Å². The Morgan fingerprint density at radius 2 is 2.16 bits per heavy atom. The molecule has 2 N–H and O–H groups in total. The van der Waals surface area contributed by atoms with Crippen LogP contribution in [0.3, 0.4) is 0 Å². The normalized spacial score (nSPS) is 11.3. The summed E-state index contributed by atoms with van der Waals surface area (Å²) >= 11 is 0. The molecule has 1 aromatic carbocycles. The van der Waals surface area contributed by atoms with E-state index in [1.807, 2.05) is 4.72 Å². The number of carboxylic acid groups (broad SMARTS) is 1. The van der Waals surface area contributed by atoms with Crippen LogP contribution in [0, 0.1) is 5.82 Å². The van der Waals surface area contributed by atoms with Crippen LogP contribution >= 0.6 is 0 Å². The highest BCUT2D eigenvalue weighted by Crippen LogP contribution is 2.17. The van der Waals surface area contributed by atoms with Gasteiger partial charge in [-0.05, 0) is 25.1 Å². The predicted octanol–water partition coefficient (Wildman–Crippen LogP) is 1.30. The maximum absolute atomic E-state index is 13.5. The van der Waals surface area contributed by atoms with Crippen LogP contribution in [0.25, 0.3) is 0 Å². The maximum Gasteiger partial charge on any atom is 0.335 e. The van der Waals surface area contributed by atoms with E-state index in [4.69, 9.17) is 9.84 Å². The van der Waals surface area contributed by atoms with Crippen LogP contribution in [0.1, 0.15) is 17.3 Å². The molecule has 0 aromatic heterocycles. The summed E-state index contributed by atoms with van der Waals surface area (Å²) in [4.78, 5) is 10.6. The standard InChI is InChI=1S/C11H14FNO5S/c1-2-18-5-6-19(16,17)13-10-4-3-8(11(14)15)7-9(10)12/h3-4,7,13H,2,5-6H2,1H3,(H,14,15). The Labute approximate surface area is 110 Å². The van der Waals surface area contributed by atoms with E-state index in [9.17, 15) is 17.6 Å². The zero-order valence-electron chi connectivity index (χ0n) is 10.2. The summed E-state index contributed by atoms with van der Waals surface area (Å²) in [5.41, 5.74) is -0.545. The van der Waals surface area contributed by atoms with Crippen molar-refractivity contribution in [1.29, 1.82) is 0 Å². The van der Waals surface area contributed by atoms with E-state index in [1.165, 1.54) is 0 Å². The number of hydrogen-bond donors (Lipinski definition) is 2. The minimum Gasteiger partial charge on any atom is -0.478 e. The first-order valence-electron chi connectivity index (χ1n) is 5.47. The largest absolute Gasteiger partial charge is 0.478 e. The SMILES string of the molecule is CCOCCS(=O)(=O)Nc1ccc(C(=O)O)cc1F. The van der Waals surface area contributed by atoms with Gasteiger partial charge in [0.2, 0.25) is 10.0 Å². The van der Waals surface area contributed by atoms with Crippen LogP contribution < -0.4 is 4.72 Å². The molecule has 0 aliphatic heterocycles. The Hall–Kier alpha value is -1.67. The molecule has 0 aliphatic carbocycles. The highest BCUT2D eigenvalue weighted by Gasteiger charge is 2.14. The minimum atomic E-state index is -3.72. The van der Waals surface area contributed by atoms with Gasteiger partial charge in [0.15, 0.2) is 0 Å². The van der Waals surface area contributed by atoms with E-state index < -0.39 is 21.8 Å². The van der Waals surface area contributed by atoms with Gasteiger partial charge in [-0.2, -0.15) is 0 Å². The van der Waals surface area contributed by atoms with Crippen molar-refractivity contribution < 1.29 is 27.4 Å². The van der Waals surface area contributed by atoms with Gasteiger partial charge in [0.1, 0.15) is 5.82 Å². The summed E-state index contributed by atoms with van der Waals surface area (Å²) in [6.45, 7) is 2.11. The summed E-state index contributed by atoms with van der Waals surface area (Å²) in [6, 6.07) is 2.94. The maximum atomic E-state index is 13.5. The molecule has 0 saturated carbocycles. The fourth-order valence-corrected chi connectivity index (χ4v) is 2.20. The smallest absolute Gasteiger partial charge is 0.335 e. The quantitative estimate of drug-likeness (QED) is 0.739. The Morgan fingerprint density at radius 3 is 2.68 bits per heavy atom. The number of sulfonamides is 1. The first-order valence-corrected chi connectivity index (χ1v) is 7.12. The van der Waals surface area contributed by atoms with E-state index >= 15 is 0 Å². The van der Waals surface area contributed by atoms with Gasteiger partial charge in [0.05, 0.1) is 23.6 Å². The van der Waals surface area contributed by atoms with Crippen LogP contribution in [0.2, 0.25) is 0 Å². The first-order chi connectivity index (χ1) is 8.85. The summed E-state index contributed by atoms with van der Waals surface area (Å²) in [5, 5.41) is 8.65. The highest BCUT2D eigenvalue weighted by molar-refractivity contribution is 7.92. The lowest BCUT2D eigenvalue weighted by molar-refractivity contribution is 0.0696. The molecule has 0 aliphatic rings. The van der Waals surface area contributed by atoms with Gasteiger partial charge in [0.25, 0.3) is 0 Å². The van der Waals surface area contributed by atoms with Crippen LogP contribution in [-0.2, 0) is 14.8 Å². The van der Waals surface area contributed by atoms with Crippen molar-refractivity contribution in [3.05, 3.63) is 29.6 Å². The third-order valence-corrected chi connectivity index (χ3v) is 3.42. The molecule has 0 heterocycles. The predicted molar refractivity (Wildman–Crippen MR) is 67.3 cm³/mol. The van der Waals surface area contributed by atoms with Gasteiger partial charge in [-0.3, -0.25) is 4.72 Å². The number of benzene rings is 1. The second-order valence-electron chi connectivity index (χ2n) is 3.62. The third kappa shape index (κ3) is 4.84. The molecular weight excluding hydrogens is 277 g/mol. The van der Waals surface area contributed by atoms with Gasteiger partial charge in [0, 0.05) is 6.61 Å². The molecule has 0 bridgehead atoms. The fraction of sp³-hybridized carbons (Fsp3) is 0.364. The summed E-state index contributed by atoms with van der Waals surface area (Å²) < 4.78 is 43.6. The third-order valence-electron chi connectivity index (χ3n) is 2.18. The molecule has 1 rings (SSSR count). The molecule has 8 heteroatoms. The zero-order chi connectivity index (χ0) is 14.5. The topological polar surface area (TPSA) is 92.7 Å². The number of aromatic carboxylic acids is 1. The molecule has 0 saturated heterocycles. The Balaban J connectivity index is 2.79. The van der Waals surface area contributed by atoms with Crippen molar-refractivity contribution in [2.75, 3.05) is 23.7 Å². The number of rotatable bonds is 7. The van der Waals surface area contributed by atoms with Crippen LogP contribution in [0.15, 0.2) is 18.2 Å². The van der Waals surface area contributed by atoms with Crippen molar-refractivity contribution >= 4 is 21.7 Å². The van der Waals surface area contributed by atoms with Crippen molar-refractivity contribution in [3.8, 4) is 0 Å².